The number of phenolic OH excluding ortho intramolecular Hbond substituents is 2. The first-order valence-electron chi connectivity index (χ1n) is 9.27. The summed E-state index contributed by atoms with van der Waals surface area (Å²) in [7, 11) is 0. The zero-order valence-corrected chi connectivity index (χ0v) is 13.9. The van der Waals surface area contributed by atoms with E-state index in [4.69, 9.17) is 0 Å². The quantitative estimate of drug-likeness (QED) is 0.831. The monoisotopic (exact) mass is 320 g/mol. The molecule has 3 aliphatic carbocycles. The predicted octanol–water partition coefficient (Wildman–Crippen LogP) is 4.84. The average molecular weight is 320 g/mol. The fourth-order valence-corrected chi connectivity index (χ4v) is 6.49. The lowest BCUT2D eigenvalue weighted by Crippen LogP contribution is -2.40. The second-order valence-corrected chi connectivity index (χ2v) is 8.13. The molecule has 0 radical (unpaired) electrons. The third-order valence-electron chi connectivity index (χ3n) is 7.29. The van der Waals surface area contributed by atoms with Gasteiger partial charge in [0.25, 0.3) is 0 Å². The number of phenols is 2. The number of hydrogen-bond acceptors (Lipinski definition) is 2. The molecule has 0 spiro atoms. The van der Waals surface area contributed by atoms with E-state index in [1.165, 1.54) is 43.2 Å². The van der Waals surface area contributed by atoms with Crippen LogP contribution in [0.15, 0.2) is 48.5 Å². The molecule has 0 unspecified atom stereocenters. The highest BCUT2D eigenvalue weighted by molar-refractivity contribution is 5.46. The fourth-order valence-electron chi connectivity index (χ4n) is 6.49. The van der Waals surface area contributed by atoms with Crippen molar-refractivity contribution < 1.29 is 10.2 Å². The highest BCUT2D eigenvalue weighted by Gasteiger charge is 2.61. The van der Waals surface area contributed by atoms with Crippen LogP contribution < -0.4 is 0 Å². The maximum absolute atomic E-state index is 9.74. The SMILES string of the molecule is Oc1ccc(C2(c3ccc(O)cc3)C[C@H]3C[C@H]2[C@@H]2CCC[C@@H]32)cc1. The van der Waals surface area contributed by atoms with Crippen molar-refractivity contribution in [3.63, 3.8) is 0 Å². The third kappa shape index (κ3) is 1.83. The van der Waals surface area contributed by atoms with Crippen LogP contribution >= 0.6 is 0 Å². The third-order valence-corrected chi connectivity index (χ3v) is 7.29. The van der Waals surface area contributed by atoms with Gasteiger partial charge in [0.1, 0.15) is 11.5 Å². The molecule has 2 nitrogen and oxygen atoms in total. The Morgan fingerprint density at radius 2 is 1.29 bits per heavy atom. The van der Waals surface area contributed by atoms with Gasteiger partial charge in [0, 0.05) is 5.41 Å². The Kier molecular flexibility index (Phi) is 3.01. The van der Waals surface area contributed by atoms with Gasteiger partial charge in [-0.25, -0.2) is 0 Å². The summed E-state index contributed by atoms with van der Waals surface area (Å²) in [6.45, 7) is 0. The molecule has 124 valence electrons. The van der Waals surface area contributed by atoms with Crippen LogP contribution in [0.4, 0.5) is 0 Å². The zero-order chi connectivity index (χ0) is 16.3. The van der Waals surface area contributed by atoms with Crippen LogP contribution in [0, 0.1) is 23.7 Å². The molecule has 3 fully saturated rings. The van der Waals surface area contributed by atoms with Crippen LogP contribution in [0.2, 0.25) is 0 Å². The van der Waals surface area contributed by atoms with Crippen LogP contribution in [0.1, 0.15) is 43.2 Å². The van der Waals surface area contributed by atoms with Crippen molar-refractivity contribution >= 4 is 0 Å². The Labute approximate surface area is 143 Å². The standard InChI is InChI=1S/C22H24O2/c23-17-8-4-15(5-9-17)22(16-6-10-18(24)11-7-16)13-14-12-21(22)20-3-1-2-19(14)20/h4-11,14,19-21,23-24H,1-3,12-13H2/t14-,19+,20-,21+/m1/s1. The minimum atomic E-state index is 0.0531. The van der Waals surface area contributed by atoms with Gasteiger partial charge in [0.05, 0.1) is 0 Å². The molecule has 0 saturated heterocycles. The van der Waals surface area contributed by atoms with Crippen molar-refractivity contribution in [3.05, 3.63) is 59.7 Å². The molecule has 0 aliphatic heterocycles. The van der Waals surface area contributed by atoms with Crippen molar-refractivity contribution in [1.29, 1.82) is 0 Å². The number of aromatic hydroxyl groups is 2. The molecule has 24 heavy (non-hydrogen) atoms. The Hall–Kier alpha value is -1.96. The zero-order valence-electron chi connectivity index (χ0n) is 13.9. The van der Waals surface area contributed by atoms with Gasteiger partial charge < -0.3 is 10.2 Å². The lowest BCUT2D eigenvalue weighted by atomic mass is 9.59. The lowest BCUT2D eigenvalue weighted by molar-refractivity contribution is 0.181. The number of fused-ring (bicyclic) bond motifs is 5. The molecule has 0 amide bonds. The first-order valence-corrected chi connectivity index (χ1v) is 9.27. The van der Waals surface area contributed by atoms with Crippen molar-refractivity contribution in [2.45, 2.75) is 37.5 Å². The van der Waals surface area contributed by atoms with E-state index in [9.17, 15) is 10.2 Å². The number of benzene rings is 2. The van der Waals surface area contributed by atoms with Crippen molar-refractivity contribution in [2.75, 3.05) is 0 Å². The van der Waals surface area contributed by atoms with E-state index in [1.807, 2.05) is 24.3 Å². The summed E-state index contributed by atoms with van der Waals surface area (Å²) in [5.74, 6) is 4.00. The van der Waals surface area contributed by atoms with Crippen LogP contribution in [0.3, 0.4) is 0 Å². The Morgan fingerprint density at radius 1 is 0.750 bits per heavy atom. The summed E-state index contributed by atoms with van der Waals surface area (Å²) in [5, 5.41) is 19.5. The van der Waals surface area contributed by atoms with Gasteiger partial charge in [-0.15, -0.1) is 0 Å². The van der Waals surface area contributed by atoms with Crippen LogP contribution in [-0.4, -0.2) is 10.2 Å². The summed E-state index contributed by atoms with van der Waals surface area (Å²) in [5.41, 5.74) is 2.73. The fraction of sp³-hybridized carbons (Fsp3) is 0.455. The molecule has 2 aromatic rings. The Balaban J connectivity index is 1.67. The largest absolute Gasteiger partial charge is 0.508 e. The van der Waals surface area contributed by atoms with E-state index < -0.39 is 0 Å². The highest BCUT2D eigenvalue weighted by Crippen LogP contribution is 2.68. The molecule has 2 bridgehead atoms. The van der Waals surface area contributed by atoms with Crippen LogP contribution in [0.5, 0.6) is 11.5 Å². The Bertz CT molecular complexity index is 701. The summed E-state index contributed by atoms with van der Waals surface area (Å²) in [6.07, 6.45) is 6.76. The van der Waals surface area contributed by atoms with Gasteiger partial charge in [0.15, 0.2) is 0 Å². The molecule has 2 aromatic carbocycles. The number of rotatable bonds is 2. The normalized spacial score (nSPS) is 32.8. The summed E-state index contributed by atoms with van der Waals surface area (Å²) in [4.78, 5) is 0. The second kappa shape index (κ2) is 5.02. The van der Waals surface area contributed by atoms with Crippen molar-refractivity contribution in [3.8, 4) is 11.5 Å². The smallest absolute Gasteiger partial charge is 0.115 e. The van der Waals surface area contributed by atoms with Gasteiger partial charge in [-0.2, -0.15) is 0 Å². The predicted molar refractivity (Wildman–Crippen MR) is 94.0 cm³/mol. The first kappa shape index (κ1) is 14.4. The summed E-state index contributed by atoms with van der Waals surface area (Å²) in [6, 6.07) is 15.8. The average Bonchev–Trinajstić information content (AvgIpc) is 3.28. The molecule has 3 saturated carbocycles. The topological polar surface area (TPSA) is 40.5 Å². The lowest BCUT2D eigenvalue weighted by Gasteiger charge is -2.44. The summed E-state index contributed by atoms with van der Waals surface area (Å²) < 4.78 is 0. The van der Waals surface area contributed by atoms with E-state index in [2.05, 4.69) is 24.3 Å². The van der Waals surface area contributed by atoms with Gasteiger partial charge in [-0.3, -0.25) is 0 Å². The van der Waals surface area contributed by atoms with Crippen molar-refractivity contribution in [1.82, 2.24) is 0 Å². The van der Waals surface area contributed by atoms with E-state index >= 15 is 0 Å². The van der Waals surface area contributed by atoms with E-state index in [1.54, 1.807) is 0 Å². The molecular formula is C22H24O2. The van der Waals surface area contributed by atoms with Gasteiger partial charge in [-0.1, -0.05) is 30.7 Å². The maximum Gasteiger partial charge on any atom is 0.115 e. The summed E-state index contributed by atoms with van der Waals surface area (Å²) >= 11 is 0. The van der Waals surface area contributed by atoms with Gasteiger partial charge in [-0.05, 0) is 84.7 Å². The van der Waals surface area contributed by atoms with Crippen molar-refractivity contribution in [2.24, 2.45) is 23.7 Å². The van der Waals surface area contributed by atoms with E-state index in [0.29, 0.717) is 17.4 Å². The molecule has 0 aromatic heterocycles. The van der Waals surface area contributed by atoms with E-state index in [0.717, 1.165) is 17.8 Å². The molecule has 4 atom stereocenters. The molecular weight excluding hydrogens is 296 g/mol. The maximum atomic E-state index is 9.74. The molecule has 2 N–H and O–H groups in total. The minimum absolute atomic E-state index is 0.0531. The Morgan fingerprint density at radius 3 is 1.88 bits per heavy atom. The van der Waals surface area contributed by atoms with Crippen LogP contribution in [-0.2, 0) is 5.41 Å². The second-order valence-electron chi connectivity index (χ2n) is 8.13. The van der Waals surface area contributed by atoms with E-state index in [-0.39, 0.29) is 5.41 Å². The number of hydrogen-bond donors (Lipinski definition) is 2. The van der Waals surface area contributed by atoms with Crippen LogP contribution in [0.25, 0.3) is 0 Å². The molecule has 0 heterocycles. The molecule has 5 rings (SSSR count). The minimum Gasteiger partial charge on any atom is -0.508 e. The van der Waals surface area contributed by atoms with Gasteiger partial charge in [0.2, 0.25) is 0 Å². The highest BCUT2D eigenvalue weighted by atomic mass is 16.3. The first-order chi connectivity index (χ1) is 11.7. The molecule has 3 aliphatic rings. The van der Waals surface area contributed by atoms with Gasteiger partial charge >= 0.3 is 0 Å². The molecule has 2 heteroatoms.